The Morgan fingerprint density at radius 2 is 1.70 bits per heavy atom. The third-order valence-electron chi connectivity index (χ3n) is 5.21. The molecule has 106 valence electrons. The first-order valence-electron chi connectivity index (χ1n) is 7.65. The molecular formula is C17H20O3. The Bertz CT molecular complexity index is 707. The van der Waals surface area contributed by atoms with Gasteiger partial charge in [-0.2, -0.15) is 0 Å². The van der Waals surface area contributed by atoms with Gasteiger partial charge in [0, 0.05) is 11.1 Å². The van der Waals surface area contributed by atoms with E-state index < -0.39 is 5.60 Å². The monoisotopic (exact) mass is 272 g/mol. The maximum Gasteiger partial charge on any atom is 0.343 e. The molecule has 0 saturated carbocycles. The van der Waals surface area contributed by atoms with E-state index in [0.29, 0.717) is 17.4 Å². The summed E-state index contributed by atoms with van der Waals surface area (Å²) in [6, 6.07) is 0. The van der Waals surface area contributed by atoms with E-state index in [0.717, 1.165) is 29.6 Å². The topological polar surface area (TPSA) is 39.4 Å². The van der Waals surface area contributed by atoms with Crippen LogP contribution in [-0.2, 0) is 10.3 Å². The number of furan rings is 2. The molecular weight excluding hydrogens is 252 g/mol. The van der Waals surface area contributed by atoms with Gasteiger partial charge in [0.05, 0.1) is 5.56 Å². The number of hydrogen-bond acceptors (Lipinski definition) is 3. The quantitative estimate of drug-likeness (QED) is 0.746. The van der Waals surface area contributed by atoms with Crippen LogP contribution in [0.5, 0.6) is 0 Å². The molecule has 1 aliphatic carbocycles. The molecule has 0 N–H and O–H groups in total. The third-order valence-corrected chi connectivity index (χ3v) is 5.21. The molecule has 4 rings (SSSR count). The van der Waals surface area contributed by atoms with Gasteiger partial charge in [-0.05, 0) is 44.9 Å². The van der Waals surface area contributed by atoms with E-state index in [1.54, 1.807) is 0 Å². The fourth-order valence-electron chi connectivity index (χ4n) is 4.29. The standard InChI is InChI=1S/C17H20O3/c1-5-8-7-9(6-2)11-10(8)14-12-13(15(11)19-14)17(3,4)20-16(12)18/h8-9H,5-7H2,1-4H3. The molecule has 1 aliphatic heterocycles. The molecule has 2 aliphatic rings. The molecule has 2 aromatic rings. The van der Waals surface area contributed by atoms with Gasteiger partial charge in [-0.15, -0.1) is 0 Å². The summed E-state index contributed by atoms with van der Waals surface area (Å²) < 4.78 is 11.6. The fraction of sp³-hybridized carbons (Fsp3) is 0.588. The summed E-state index contributed by atoms with van der Waals surface area (Å²) in [4.78, 5) is 12.2. The molecule has 3 heterocycles. The van der Waals surface area contributed by atoms with Crippen LogP contribution in [-0.4, -0.2) is 5.97 Å². The van der Waals surface area contributed by atoms with E-state index in [-0.39, 0.29) is 5.97 Å². The number of ether oxygens (including phenoxy) is 1. The number of rotatable bonds is 2. The lowest BCUT2D eigenvalue weighted by molar-refractivity contribution is 0.00949. The van der Waals surface area contributed by atoms with Crippen LogP contribution in [0.3, 0.4) is 0 Å². The second kappa shape index (κ2) is 3.57. The molecule has 0 amide bonds. The number of carbonyl (C=O) groups excluding carboxylic acids is 1. The highest BCUT2D eigenvalue weighted by atomic mass is 16.6. The Balaban J connectivity index is 2.05. The van der Waals surface area contributed by atoms with E-state index in [1.165, 1.54) is 17.5 Å². The smallest absolute Gasteiger partial charge is 0.343 e. The van der Waals surface area contributed by atoms with Crippen LogP contribution >= 0.6 is 0 Å². The minimum absolute atomic E-state index is 0.212. The number of carbonyl (C=O) groups is 1. The van der Waals surface area contributed by atoms with Crippen molar-refractivity contribution in [2.45, 2.75) is 64.4 Å². The summed E-state index contributed by atoms with van der Waals surface area (Å²) in [6.07, 6.45) is 3.44. The maximum atomic E-state index is 12.2. The van der Waals surface area contributed by atoms with Crippen LogP contribution in [0.2, 0.25) is 0 Å². The first-order chi connectivity index (χ1) is 9.49. The molecule has 0 saturated heterocycles. The van der Waals surface area contributed by atoms with Crippen LogP contribution in [0.15, 0.2) is 4.42 Å². The SMILES string of the molecule is CCC1CC(CC)c2c1c1oc2c2c1C(=O)OC2(C)C. The van der Waals surface area contributed by atoms with Crippen molar-refractivity contribution in [2.24, 2.45) is 0 Å². The Morgan fingerprint density at radius 1 is 1.10 bits per heavy atom. The van der Waals surface area contributed by atoms with E-state index in [1.807, 2.05) is 13.8 Å². The van der Waals surface area contributed by atoms with Crippen molar-refractivity contribution in [3.05, 3.63) is 22.3 Å². The second-order valence-electron chi connectivity index (χ2n) is 6.68. The largest absolute Gasteiger partial charge is 0.455 e. The molecule has 2 bridgehead atoms. The number of benzene rings is 1. The minimum atomic E-state index is -0.551. The molecule has 3 nitrogen and oxygen atoms in total. The third kappa shape index (κ3) is 1.20. The fourth-order valence-corrected chi connectivity index (χ4v) is 4.29. The lowest BCUT2D eigenvalue weighted by Gasteiger charge is -2.18. The molecule has 2 atom stereocenters. The molecule has 20 heavy (non-hydrogen) atoms. The zero-order valence-corrected chi connectivity index (χ0v) is 12.5. The molecule has 0 radical (unpaired) electrons. The van der Waals surface area contributed by atoms with Gasteiger partial charge in [0.25, 0.3) is 0 Å². The lowest BCUT2D eigenvalue weighted by atomic mass is 9.88. The first-order valence-corrected chi connectivity index (χ1v) is 7.65. The summed E-state index contributed by atoms with van der Waals surface area (Å²) in [5.41, 5.74) is 5.60. The van der Waals surface area contributed by atoms with Gasteiger partial charge in [0.15, 0.2) is 0 Å². The molecule has 3 heteroatoms. The predicted octanol–water partition coefficient (Wildman–Crippen LogP) is 4.67. The summed E-state index contributed by atoms with van der Waals surface area (Å²) in [5, 5.41) is 0. The lowest BCUT2D eigenvalue weighted by Crippen LogP contribution is -2.16. The summed E-state index contributed by atoms with van der Waals surface area (Å²) in [7, 11) is 0. The molecule has 0 fully saturated rings. The van der Waals surface area contributed by atoms with Crippen LogP contribution in [0, 0.1) is 0 Å². The Hall–Kier alpha value is -1.51. The molecule has 2 unspecified atom stereocenters. The zero-order chi connectivity index (χ0) is 14.2. The van der Waals surface area contributed by atoms with Gasteiger partial charge in [0.2, 0.25) is 0 Å². The van der Waals surface area contributed by atoms with Gasteiger partial charge in [0.1, 0.15) is 22.3 Å². The van der Waals surface area contributed by atoms with Gasteiger partial charge in [-0.3, -0.25) is 0 Å². The Morgan fingerprint density at radius 3 is 2.30 bits per heavy atom. The molecule has 0 spiro atoms. The number of cyclic esters (lactones) is 1. The van der Waals surface area contributed by atoms with Crippen molar-refractivity contribution in [1.29, 1.82) is 0 Å². The zero-order valence-electron chi connectivity index (χ0n) is 12.5. The van der Waals surface area contributed by atoms with E-state index in [4.69, 9.17) is 9.15 Å². The van der Waals surface area contributed by atoms with Crippen molar-refractivity contribution in [1.82, 2.24) is 0 Å². The minimum Gasteiger partial charge on any atom is -0.455 e. The highest BCUT2D eigenvalue weighted by Crippen LogP contribution is 2.57. The van der Waals surface area contributed by atoms with Gasteiger partial charge < -0.3 is 9.15 Å². The number of hydrogen-bond donors (Lipinski definition) is 0. The summed E-state index contributed by atoms with van der Waals surface area (Å²) in [5.74, 6) is 0.896. The van der Waals surface area contributed by atoms with E-state index in [2.05, 4.69) is 13.8 Å². The van der Waals surface area contributed by atoms with Crippen LogP contribution in [0.4, 0.5) is 0 Å². The van der Waals surface area contributed by atoms with Crippen molar-refractivity contribution in [3.63, 3.8) is 0 Å². The first kappa shape index (κ1) is 12.2. The second-order valence-corrected chi connectivity index (χ2v) is 6.68. The maximum absolute atomic E-state index is 12.2. The normalized spacial score (nSPS) is 27.1. The van der Waals surface area contributed by atoms with Crippen LogP contribution in [0.25, 0.3) is 11.2 Å². The number of fused-ring (bicyclic) bond motifs is 8. The van der Waals surface area contributed by atoms with E-state index >= 15 is 0 Å². The average molecular weight is 272 g/mol. The van der Waals surface area contributed by atoms with Gasteiger partial charge >= 0.3 is 5.97 Å². The van der Waals surface area contributed by atoms with Crippen molar-refractivity contribution in [3.8, 4) is 0 Å². The summed E-state index contributed by atoms with van der Waals surface area (Å²) >= 11 is 0. The predicted molar refractivity (Wildman–Crippen MR) is 76.5 cm³/mol. The average Bonchev–Trinajstić information content (AvgIpc) is 3.08. The van der Waals surface area contributed by atoms with Gasteiger partial charge in [-0.25, -0.2) is 4.79 Å². The molecule has 2 aromatic heterocycles. The highest BCUT2D eigenvalue weighted by molar-refractivity contribution is 6.07. The van der Waals surface area contributed by atoms with Crippen molar-refractivity contribution in [2.75, 3.05) is 0 Å². The highest BCUT2D eigenvalue weighted by Gasteiger charge is 2.49. The van der Waals surface area contributed by atoms with Crippen LogP contribution < -0.4 is 0 Å². The van der Waals surface area contributed by atoms with Gasteiger partial charge in [-0.1, -0.05) is 13.8 Å². The number of esters is 1. The molecule has 0 aromatic carbocycles. The van der Waals surface area contributed by atoms with E-state index in [9.17, 15) is 4.79 Å². The Labute approximate surface area is 118 Å². The van der Waals surface area contributed by atoms with Crippen LogP contribution in [0.1, 0.15) is 85.8 Å². The van der Waals surface area contributed by atoms with Crippen molar-refractivity contribution >= 4 is 17.1 Å². The Kier molecular flexibility index (Phi) is 2.19. The summed E-state index contributed by atoms with van der Waals surface area (Å²) in [6.45, 7) is 8.37. The van der Waals surface area contributed by atoms with Crippen molar-refractivity contribution < 1.29 is 13.9 Å².